The normalized spacial score (nSPS) is 10.9. The second-order valence-corrected chi connectivity index (χ2v) is 8.26. The van der Waals surface area contributed by atoms with Crippen LogP contribution in [0.2, 0.25) is 0 Å². The van der Waals surface area contributed by atoms with Gasteiger partial charge in [-0.05, 0) is 56.4 Å². The van der Waals surface area contributed by atoms with Gasteiger partial charge in [0.2, 0.25) is 0 Å². The molecular weight excluding hydrogens is 400 g/mol. The molecule has 2 aromatic rings. The standard InChI is InChI=1S/C27H42N2O3/c1-3-5-6-7-8-12-20-31-25-16-14-24(15-17-25)27-28-22-26(23-29-27)32-21-13-10-9-11-19-30-18-4-2/h14-17,22-23H,3-13,18-21H2,1-2H3. The van der Waals surface area contributed by atoms with Crippen molar-refractivity contribution in [2.45, 2.75) is 84.5 Å². The van der Waals surface area contributed by atoms with E-state index < -0.39 is 0 Å². The van der Waals surface area contributed by atoms with E-state index in [1.54, 1.807) is 12.4 Å². The zero-order valence-electron chi connectivity index (χ0n) is 20.2. The van der Waals surface area contributed by atoms with Gasteiger partial charge in [-0.1, -0.05) is 52.4 Å². The summed E-state index contributed by atoms with van der Waals surface area (Å²) in [4.78, 5) is 8.91. The molecule has 0 saturated heterocycles. The minimum atomic E-state index is 0.698. The predicted octanol–water partition coefficient (Wildman–Crippen LogP) is 7.25. The molecule has 0 fully saturated rings. The molecule has 0 saturated carbocycles. The highest BCUT2D eigenvalue weighted by molar-refractivity contribution is 5.56. The van der Waals surface area contributed by atoms with Gasteiger partial charge in [0.1, 0.15) is 5.75 Å². The Bertz CT molecular complexity index is 689. The summed E-state index contributed by atoms with van der Waals surface area (Å²) < 4.78 is 17.1. The number of aromatic nitrogens is 2. The smallest absolute Gasteiger partial charge is 0.159 e. The molecule has 0 atom stereocenters. The van der Waals surface area contributed by atoms with Crippen molar-refractivity contribution in [3.8, 4) is 22.9 Å². The van der Waals surface area contributed by atoms with Gasteiger partial charge in [-0.2, -0.15) is 0 Å². The summed E-state index contributed by atoms with van der Waals surface area (Å²) in [6, 6.07) is 8.01. The molecule has 0 aliphatic rings. The summed E-state index contributed by atoms with van der Waals surface area (Å²) in [5, 5.41) is 0. The van der Waals surface area contributed by atoms with Crippen LogP contribution in [0.25, 0.3) is 11.4 Å². The molecule has 0 bridgehead atoms. The van der Waals surface area contributed by atoms with E-state index >= 15 is 0 Å². The number of benzene rings is 1. The average Bonchev–Trinajstić information content (AvgIpc) is 2.83. The number of hydrogen-bond donors (Lipinski definition) is 0. The lowest BCUT2D eigenvalue weighted by atomic mass is 10.1. The number of nitrogens with zero attached hydrogens (tertiary/aromatic N) is 2. The number of ether oxygens (including phenoxy) is 3. The molecule has 5 heteroatoms. The topological polar surface area (TPSA) is 53.5 Å². The number of rotatable bonds is 19. The highest BCUT2D eigenvalue weighted by Gasteiger charge is 2.03. The molecule has 0 aliphatic carbocycles. The summed E-state index contributed by atoms with van der Waals surface area (Å²) in [5.41, 5.74) is 0.980. The molecule has 5 nitrogen and oxygen atoms in total. The molecule has 0 N–H and O–H groups in total. The predicted molar refractivity (Wildman–Crippen MR) is 131 cm³/mol. The van der Waals surface area contributed by atoms with Crippen LogP contribution in [-0.4, -0.2) is 36.4 Å². The first kappa shape index (κ1) is 26.1. The quantitative estimate of drug-likeness (QED) is 0.214. The Balaban J connectivity index is 1.60. The van der Waals surface area contributed by atoms with E-state index in [9.17, 15) is 0 Å². The van der Waals surface area contributed by atoms with Gasteiger partial charge in [0.05, 0.1) is 25.6 Å². The van der Waals surface area contributed by atoms with Gasteiger partial charge < -0.3 is 14.2 Å². The van der Waals surface area contributed by atoms with Crippen molar-refractivity contribution in [2.75, 3.05) is 26.4 Å². The maximum absolute atomic E-state index is 5.85. The largest absolute Gasteiger partial charge is 0.494 e. The van der Waals surface area contributed by atoms with Crippen molar-refractivity contribution in [2.24, 2.45) is 0 Å². The molecule has 0 spiro atoms. The van der Waals surface area contributed by atoms with Crippen LogP contribution in [0.5, 0.6) is 11.5 Å². The van der Waals surface area contributed by atoms with E-state index in [4.69, 9.17) is 14.2 Å². The fraction of sp³-hybridized carbons (Fsp3) is 0.630. The Labute approximate surface area is 194 Å². The van der Waals surface area contributed by atoms with Gasteiger partial charge in [-0.15, -0.1) is 0 Å². The summed E-state index contributed by atoms with van der Waals surface area (Å²) in [6.45, 7) is 7.60. The zero-order valence-corrected chi connectivity index (χ0v) is 20.2. The molecule has 0 radical (unpaired) electrons. The van der Waals surface area contributed by atoms with Crippen LogP contribution < -0.4 is 9.47 Å². The minimum absolute atomic E-state index is 0.698. The van der Waals surface area contributed by atoms with Crippen LogP contribution in [0.4, 0.5) is 0 Å². The van der Waals surface area contributed by atoms with Gasteiger partial charge in [0.15, 0.2) is 11.6 Å². The summed E-state index contributed by atoms with van der Waals surface area (Å²) in [7, 11) is 0. The summed E-state index contributed by atoms with van der Waals surface area (Å²) in [6.07, 6.45) is 16.7. The van der Waals surface area contributed by atoms with Crippen LogP contribution in [0.15, 0.2) is 36.7 Å². The van der Waals surface area contributed by atoms with Gasteiger partial charge in [-0.3, -0.25) is 0 Å². The number of unbranched alkanes of at least 4 members (excludes halogenated alkanes) is 8. The van der Waals surface area contributed by atoms with Crippen molar-refractivity contribution < 1.29 is 14.2 Å². The Morgan fingerprint density at radius 3 is 1.75 bits per heavy atom. The average molecular weight is 443 g/mol. The van der Waals surface area contributed by atoms with E-state index in [0.29, 0.717) is 12.4 Å². The second kappa shape index (κ2) is 17.4. The highest BCUT2D eigenvalue weighted by atomic mass is 16.5. The van der Waals surface area contributed by atoms with Crippen LogP contribution in [0.1, 0.15) is 84.5 Å². The maximum Gasteiger partial charge on any atom is 0.159 e. The molecule has 178 valence electrons. The Morgan fingerprint density at radius 1 is 0.562 bits per heavy atom. The first-order chi connectivity index (χ1) is 15.8. The SMILES string of the molecule is CCCCCCCCOc1ccc(-c2ncc(OCCCCCCOCCC)cn2)cc1. The molecule has 1 aromatic heterocycles. The third kappa shape index (κ3) is 11.5. The number of hydrogen-bond acceptors (Lipinski definition) is 5. The Hall–Kier alpha value is -2.14. The van der Waals surface area contributed by atoms with E-state index in [-0.39, 0.29) is 0 Å². The molecule has 0 amide bonds. The van der Waals surface area contributed by atoms with E-state index in [1.165, 1.54) is 38.5 Å². The van der Waals surface area contributed by atoms with Crippen molar-refractivity contribution in [1.29, 1.82) is 0 Å². The van der Waals surface area contributed by atoms with Gasteiger partial charge in [-0.25, -0.2) is 9.97 Å². The second-order valence-electron chi connectivity index (χ2n) is 8.26. The molecule has 1 heterocycles. The molecule has 2 rings (SSSR count). The summed E-state index contributed by atoms with van der Waals surface area (Å²) in [5.74, 6) is 2.32. The fourth-order valence-corrected chi connectivity index (χ4v) is 3.41. The van der Waals surface area contributed by atoms with Gasteiger partial charge in [0, 0.05) is 18.8 Å². The highest BCUT2D eigenvalue weighted by Crippen LogP contribution is 2.21. The van der Waals surface area contributed by atoms with Gasteiger partial charge in [0.25, 0.3) is 0 Å². The first-order valence-electron chi connectivity index (χ1n) is 12.6. The first-order valence-corrected chi connectivity index (χ1v) is 12.6. The Morgan fingerprint density at radius 2 is 1.12 bits per heavy atom. The molecule has 0 unspecified atom stereocenters. The third-order valence-electron chi connectivity index (χ3n) is 5.31. The summed E-state index contributed by atoms with van der Waals surface area (Å²) >= 11 is 0. The van der Waals surface area contributed by atoms with Crippen molar-refractivity contribution in [3.63, 3.8) is 0 Å². The van der Waals surface area contributed by atoms with Crippen LogP contribution >= 0.6 is 0 Å². The van der Waals surface area contributed by atoms with Crippen molar-refractivity contribution in [1.82, 2.24) is 9.97 Å². The van der Waals surface area contributed by atoms with Crippen LogP contribution in [-0.2, 0) is 4.74 Å². The molecule has 1 aromatic carbocycles. The zero-order chi connectivity index (χ0) is 22.7. The van der Waals surface area contributed by atoms with Crippen molar-refractivity contribution >= 4 is 0 Å². The lowest BCUT2D eigenvalue weighted by Crippen LogP contribution is -2.00. The minimum Gasteiger partial charge on any atom is -0.494 e. The fourth-order valence-electron chi connectivity index (χ4n) is 3.41. The van der Waals surface area contributed by atoms with Crippen molar-refractivity contribution in [3.05, 3.63) is 36.7 Å². The van der Waals surface area contributed by atoms with Crippen LogP contribution in [0, 0.1) is 0 Å². The van der Waals surface area contributed by atoms with Crippen LogP contribution in [0.3, 0.4) is 0 Å². The van der Waals surface area contributed by atoms with E-state index in [0.717, 1.165) is 69.0 Å². The molecule has 32 heavy (non-hydrogen) atoms. The monoisotopic (exact) mass is 442 g/mol. The molecular formula is C27H42N2O3. The lowest BCUT2D eigenvalue weighted by Gasteiger charge is -2.08. The maximum atomic E-state index is 5.85. The van der Waals surface area contributed by atoms with E-state index in [1.807, 2.05) is 24.3 Å². The Kier molecular flexibility index (Phi) is 14.2. The van der Waals surface area contributed by atoms with E-state index in [2.05, 4.69) is 23.8 Å². The third-order valence-corrected chi connectivity index (χ3v) is 5.31. The van der Waals surface area contributed by atoms with Gasteiger partial charge >= 0.3 is 0 Å². The molecule has 0 aliphatic heterocycles. The lowest BCUT2D eigenvalue weighted by molar-refractivity contribution is 0.130.